The Morgan fingerprint density at radius 2 is 1.84 bits per heavy atom. The number of nitrogens with one attached hydrogen (secondary N) is 1. The SMILES string of the molecule is COC(=O)[C@@H]1C[C@@H](Oc2cncc(Br)c2)CN1C(=O)C(NC(=O)OC(C)(C)C)C(C)(C)C. The highest BCUT2D eigenvalue weighted by atomic mass is 79.9. The van der Waals surface area contributed by atoms with Gasteiger partial charge >= 0.3 is 12.1 Å². The fourth-order valence-electron chi connectivity index (χ4n) is 3.38. The van der Waals surface area contributed by atoms with Crippen LogP contribution in [0.3, 0.4) is 0 Å². The number of rotatable bonds is 5. The molecule has 1 fully saturated rings. The maximum absolute atomic E-state index is 13.5. The number of likely N-dealkylation sites (tertiary alicyclic amines) is 1. The van der Waals surface area contributed by atoms with Crippen molar-refractivity contribution in [1.82, 2.24) is 15.2 Å². The Bertz CT molecular complexity index is 849. The molecule has 0 saturated carbocycles. The average Bonchev–Trinajstić information content (AvgIpc) is 3.06. The molecule has 2 amide bonds. The van der Waals surface area contributed by atoms with Crippen LogP contribution < -0.4 is 10.1 Å². The van der Waals surface area contributed by atoms with Gasteiger partial charge in [0.25, 0.3) is 0 Å². The van der Waals surface area contributed by atoms with E-state index in [2.05, 4.69) is 26.2 Å². The molecule has 178 valence electrons. The van der Waals surface area contributed by atoms with E-state index in [0.717, 1.165) is 4.47 Å². The Morgan fingerprint density at radius 3 is 2.38 bits per heavy atom. The van der Waals surface area contributed by atoms with E-state index < -0.39 is 47.2 Å². The summed E-state index contributed by atoms with van der Waals surface area (Å²) in [5, 5.41) is 2.68. The molecule has 1 aromatic rings. The van der Waals surface area contributed by atoms with E-state index in [1.165, 1.54) is 12.0 Å². The van der Waals surface area contributed by atoms with E-state index in [1.54, 1.807) is 39.2 Å². The molecule has 3 atom stereocenters. The molecule has 1 N–H and O–H groups in total. The number of carbonyl (C=O) groups is 3. The van der Waals surface area contributed by atoms with Gasteiger partial charge in [-0.15, -0.1) is 0 Å². The van der Waals surface area contributed by atoms with Gasteiger partial charge in [-0.25, -0.2) is 9.59 Å². The van der Waals surface area contributed by atoms with Crippen molar-refractivity contribution in [2.24, 2.45) is 5.41 Å². The number of amides is 2. The summed E-state index contributed by atoms with van der Waals surface area (Å²) in [7, 11) is 1.28. The fraction of sp³-hybridized carbons (Fsp3) is 0.636. The van der Waals surface area contributed by atoms with Crippen LogP contribution in [0.2, 0.25) is 0 Å². The Labute approximate surface area is 197 Å². The van der Waals surface area contributed by atoms with Gasteiger partial charge in [0.1, 0.15) is 29.5 Å². The first kappa shape index (κ1) is 25.9. The molecule has 1 unspecified atom stereocenters. The van der Waals surface area contributed by atoms with E-state index in [9.17, 15) is 14.4 Å². The second-order valence-corrected chi connectivity index (χ2v) is 10.7. The van der Waals surface area contributed by atoms with Crippen molar-refractivity contribution in [3.63, 3.8) is 0 Å². The lowest BCUT2D eigenvalue weighted by Gasteiger charge is -2.35. The number of ether oxygens (including phenoxy) is 3. The summed E-state index contributed by atoms with van der Waals surface area (Å²) in [6.45, 7) is 10.9. The molecule has 9 nitrogen and oxygen atoms in total. The van der Waals surface area contributed by atoms with Crippen molar-refractivity contribution in [2.75, 3.05) is 13.7 Å². The number of esters is 1. The number of aromatic nitrogens is 1. The molecule has 0 radical (unpaired) electrons. The summed E-state index contributed by atoms with van der Waals surface area (Å²) in [6, 6.07) is 0.00538. The summed E-state index contributed by atoms with van der Waals surface area (Å²) in [5.41, 5.74) is -1.35. The zero-order valence-corrected chi connectivity index (χ0v) is 21.2. The molecule has 1 aromatic heterocycles. The number of pyridine rings is 1. The standard InChI is InChI=1S/C22H32BrN3O6/c1-21(2,3)17(25-20(29)32-22(4,5)6)18(27)26-12-15(9-16(26)19(28)30-7)31-14-8-13(23)10-24-11-14/h8,10-11,15-17H,9,12H2,1-7H3,(H,25,29)/t15-,16+,17?/m1/s1. The van der Waals surface area contributed by atoms with Crippen molar-refractivity contribution >= 4 is 33.9 Å². The van der Waals surface area contributed by atoms with Crippen molar-refractivity contribution in [1.29, 1.82) is 0 Å². The average molecular weight is 514 g/mol. The van der Waals surface area contributed by atoms with Crippen LogP contribution in [0.1, 0.15) is 48.0 Å². The molecule has 0 aromatic carbocycles. The summed E-state index contributed by atoms with van der Waals surface area (Å²) in [4.78, 5) is 43.9. The Morgan fingerprint density at radius 1 is 1.19 bits per heavy atom. The van der Waals surface area contributed by atoms with Gasteiger partial charge in [-0.1, -0.05) is 20.8 Å². The number of alkyl carbamates (subject to hydrolysis) is 1. The van der Waals surface area contributed by atoms with Crippen LogP contribution in [-0.4, -0.2) is 65.3 Å². The smallest absolute Gasteiger partial charge is 0.408 e. The van der Waals surface area contributed by atoms with Gasteiger partial charge < -0.3 is 24.4 Å². The van der Waals surface area contributed by atoms with Crippen LogP contribution in [-0.2, 0) is 19.1 Å². The molecule has 1 aliphatic heterocycles. The first-order chi connectivity index (χ1) is 14.7. The van der Waals surface area contributed by atoms with Crippen molar-refractivity contribution in [3.05, 3.63) is 22.9 Å². The maximum Gasteiger partial charge on any atom is 0.408 e. The molecular weight excluding hydrogens is 482 g/mol. The highest BCUT2D eigenvalue weighted by Crippen LogP contribution is 2.29. The third-order valence-electron chi connectivity index (χ3n) is 4.78. The van der Waals surface area contributed by atoms with Gasteiger partial charge in [0, 0.05) is 17.1 Å². The van der Waals surface area contributed by atoms with Gasteiger partial charge in [-0.2, -0.15) is 0 Å². The lowest BCUT2D eigenvalue weighted by molar-refractivity contribution is -0.152. The van der Waals surface area contributed by atoms with E-state index in [-0.39, 0.29) is 13.0 Å². The predicted molar refractivity (Wildman–Crippen MR) is 121 cm³/mol. The molecule has 1 aliphatic rings. The van der Waals surface area contributed by atoms with Crippen LogP contribution in [0.25, 0.3) is 0 Å². The highest BCUT2D eigenvalue weighted by Gasteiger charge is 2.46. The molecule has 1 saturated heterocycles. The lowest BCUT2D eigenvalue weighted by Crippen LogP contribution is -2.57. The Hall–Kier alpha value is -2.36. The van der Waals surface area contributed by atoms with Gasteiger partial charge in [0.15, 0.2) is 0 Å². The van der Waals surface area contributed by atoms with Gasteiger partial charge in [0.05, 0.1) is 19.9 Å². The molecule has 0 aliphatic carbocycles. The van der Waals surface area contributed by atoms with Crippen LogP contribution in [0, 0.1) is 5.41 Å². The number of nitrogens with zero attached hydrogens (tertiary/aromatic N) is 2. The zero-order valence-electron chi connectivity index (χ0n) is 19.6. The van der Waals surface area contributed by atoms with Crippen LogP contribution in [0.5, 0.6) is 5.75 Å². The number of methoxy groups -OCH3 is 1. The predicted octanol–water partition coefficient (Wildman–Crippen LogP) is 3.30. The number of hydrogen-bond acceptors (Lipinski definition) is 7. The molecule has 32 heavy (non-hydrogen) atoms. The van der Waals surface area contributed by atoms with E-state index >= 15 is 0 Å². The minimum absolute atomic E-state index is 0.160. The van der Waals surface area contributed by atoms with Crippen LogP contribution >= 0.6 is 15.9 Å². The number of carbonyl (C=O) groups excluding carboxylic acids is 3. The molecule has 2 rings (SSSR count). The van der Waals surface area contributed by atoms with E-state index in [1.807, 2.05) is 20.8 Å². The van der Waals surface area contributed by atoms with Crippen LogP contribution in [0.4, 0.5) is 4.79 Å². The third kappa shape index (κ3) is 7.08. The first-order valence-electron chi connectivity index (χ1n) is 10.4. The van der Waals surface area contributed by atoms with Crippen molar-refractivity contribution in [2.45, 2.75) is 71.8 Å². The third-order valence-corrected chi connectivity index (χ3v) is 5.21. The van der Waals surface area contributed by atoms with E-state index in [0.29, 0.717) is 5.75 Å². The normalized spacial score (nSPS) is 19.8. The second kappa shape index (κ2) is 10.1. The van der Waals surface area contributed by atoms with Crippen molar-refractivity contribution < 1.29 is 28.6 Å². The largest absolute Gasteiger partial charge is 0.487 e. The topological polar surface area (TPSA) is 107 Å². The number of hydrogen-bond donors (Lipinski definition) is 1. The first-order valence-corrected chi connectivity index (χ1v) is 11.2. The molecule has 0 spiro atoms. The Kier molecular flexibility index (Phi) is 8.14. The molecule has 10 heteroatoms. The monoisotopic (exact) mass is 513 g/mol. The van der Waals surface area contributed by atoms with E-state index in [4.69, 9.17) is 14.2 Å². The van der Waals surface area contributed by atoms with Gasteiger partial charge in [0.2, 0.25) is 5.91 Å². The zero-order chi connectivity index (χ0) is 24.3. The van der Waals surface area contributed by atoms with Gasteiger partial charge in [-0.05, 0) is 48.2 Å². The summed E-state index contributed by atoms with van der Waals surface area (Å²) in [5.74, 6) is -0.430. The summed E-state index contributed by atoms with van der Waals surface area (Å²) in [6.07, 6.45) is 2.30. The summed E-state index contributed by atoms with van der Waals surface area (Å²) < 4.78 is 17.0. The minimum atomic E-state index is -0.921. The minimum Gasteiger partial charge on any atom is -0.487 e. The molecule has 2 heterocycles. The van der Waals surface area contributed by atoms with Crippen molar-refractivity contribution in [3.8, 4) is 5.75 Å². The fourth-order valence-corrected chi connectivity index (χ4v) is 3.72. The number of halogens is 1. The highest BCUT2D eigenvalue weighted by molar-refractivity contribution is 9.10. The molecular formula is C22H32BrN3O6. The molecule has 0 bridgehead atoms. The maximum atomic E-state index is 13.5. The van der Waals surface area contributed by atoms with Gasteiger partial charge in [-0.3, -0.25) is 9.78 Å². The van der Waals surface area contributed by atoms with Crippen LogP contribution in [0.15, 0.2) is 22.9 Å². The summed E-state index contributed by atoms with van der Waals surface area (Å²) >= 11 is 3.34. The second-order valence-electron chi connectivity index (χ2n) is 9.79. The Balaban J connectivity index is 2.24. The lowest BCUT2D eigenvalue weighted by atomic mass is 9.85. The quantitative estimate of drug-likeness (QED) is 0.601.